The third-order valence-corrected chi connectivity index (χ3v) is 0.683. The first-order chi connectivity index (χ1) is 4.29. The second-order valence-electron chi connectivity index (χ2n) is 1.30. The molecule has 1 rings (SSSR count). The van der Waals surface area contributed by atoms with Crippen molar-refractivity contribution >= 4 is 43.9 Å². The first-order valence-corrected chi connectivity index (χ1v) is 2.23. The van der Waals surface area contributed by atoms with Gasteiger partial charge in [0.05, 0.1) is 6.26 Å². The van der Waals surface area contributed by atoms with Crippen molar-refractivity contribution in [1.82, 2.24) is 0 Å². The van der Waals surface area contributed by atoms with Crippen LogP contribution in [0.5, 0.6) is 5.95 Å². The number of hydrogen-bond donors (Lipinski definition) is 1. The van der Waals surface area contributed by atoms with Crippen LogP contribution in [0.4, 0.5) is 4.79 Å². The summed E-state index contributed by atoms with van der Waals surface area (Å²) in [5, 5.41) is 8.00. The van der Waals surface area contributed by atoms with E-state index in [1.165, 1.54) is 18.4 Å². The summed E-state index contributed by atoms with van der Waals surface area (Å²) in [7, 11) is 0. The summed E-state index contributed by atoms with van der Waals surface area (Å²) >= 11 is 0. The molecule has 0 fully saturated rings. The summed E-state index contributed by atoms with van der Waals surface area (Å²) < 4.78 is 8.65. The second-order valence-corrected chi connectivity index (χ2v) is 1.30. The predicted octanol–water partition coefficient (Wildman–Crippen LogP) is 0.353. The third-order valence-electron chi connectivity index (χ3n) is 0.683. The van der Waals surface area contributed by atoms with E-state index in [0.29, 0.717) is 0 Å². The first kappa shape index (κ1) is 18.2. The summed E-state index contributed by atoms with van der Waals surface area (Å²) in [6.45, 7) is 0. The predicted molar refractivity (Wildman–Crippen MR) is 39.0 cm³/mol. The number of ether oxygens (including phenoxy) is 1. The Bertz CT molecular complexity index is 208. The van der Waals surface area contributed by atoms with Crippen LogP contribution in [0.15, 0.2) is 22.8 Å². The molecule has 0 aromatic carbocycles. The van der Waals surface area contributed by atoms with Crippen molar-refractivity contribution < 1.29 is 44.5 Å². The Morgan fingerprint density at radius 2 is 2.25 bits per heavy atom. The molecule has 0 bridgehead atoms. The maximum atomic E-state index is 9.78. The Hall–Kier alpha value is 0.289. The summed E-state index contributed by atoms with van der Waals surface area (Å²) in [4.78, 5) is 9.78. The Balaban J connectivity index is -0.0000000540. The molecule has 12 heavy (non-hydrogen) atoms. The minimum Gasteiger partial charge on any atom is -1.00 e. The number of hydrogen-bond acceptors (Lipinski definition) is 3. The van der Waals surface area contributed by atoms with Crippen molar-refractivity contribution in [2.24, 2.45) is 0 Å². The molecule has 0 amide bonds. The molecule has 0 spiro atoms. The standard InChI is InChI=1S/C5H4O4.Ca.Cu.H2O.2H/c6-5(7)9-4-2-1-3-8-4;;;;;/h1-3H,(H,6,7);;;1H2;;/q;+2;;;2*-1. The molecule has 0 saturated heterocycles. The van der Waals surface area contributed by atoms with Gasteiger partial charge < -0.3 is 22.6 Å². The zero-order valence-electron chi connectivity index (χ0n) is 7.91. The van der Waals surface area contributed by atoms with Gasteiger partial charge in [-0.25, -0.2) is 4.79 Å². The van der Waals surface area contributed by atoms with E-state index < -0.39 is 6.16 Å². The van der Waals surface area contributed by atoms with Crippen LogP contribution in [0.1, 0.15) is 2.85 Å². The van der Waals surface area contributed by atoms with Crippen molar-refractivity contribution in [3.05, 3.63) is 18.4 Å². The fourth-order valence-electron chi connectivity index (χ4n) is 0.408. The van der Waals surface area contributed by atoms with E-state index in [0.717, 1.165) is 0 Å². The molecule has 1 aromatic rings. The van der Waals surface area contributed by atoms with Crippen LogP contribution in [0.2, 0.25) is 0 Å². The van der Waals surface area contributed by atoms with Crippen LogP contribution < -0.4 is 4.74 Å². The van der Waals surface area contributed by atoms with Gasteiger partial charge in [-0.05, 0) is 6.07 Å². The van der Waals surface area contributed by atoms with E-state index >= 15 is 0 Å². The Kier molecular flexibility index (Phi) is 14.2. The monoisotopic (exact) mass is 251 g/mol. The SMILES string of the molecule is O.O=C(O)Oc1ccco1.[Ca+2].[Cu].[H-].[H-]. The van der Waals surface area contributed by atoms with Gasteiger partial charge in [0, 0.05) is 23.1 Å². The summed E-state index contributed by atoms with van der Waals surface area (Å²) in [5.74, 6) is -0.0116. The average Bonchev–Trinajstić information content (AvgIpc) is 2.15. The molecule has 0 aliphatic rings. The molecular formula is C5H8CaCuO5. The molecule has 1 radical (unpaired) electrons. The van der Waals surface area contributed by atoms with Crippen molar-refractivity contribution in [3.8, 4) is 5.95 Å². The molecule has 1 aromatic heterocycles. The van der Waals surface area contributed by atoms with Gasteiger partial charge in [-0.15, -0.1) is 0 Å². The second kappa shape index (κ2) is 9.38. The summed E-state index contributed by atoms with van der Waals surface area (Å²) in [6.07, 6.45) is -0.0388. The van der Waals surface area contributed by atoms with E-state index in [1.807, 2.05) is 0 Å². The van der Waals surface area contributed by atoms with E-state index in [4.69, 9.17) is 5.11 Å². The van der Waals surface area contributed by atoms with Crippen molar-refractivity contribution in [3.63, 3.8) is 0 Å². The summed E-state index contributed by atoms with van der Waals surface area (Å²) in [6, 6.07) is 2.95. The number of rotatable bonds is 1. The molecule has 71 valence electrons. The smallest absolute Gasteiger partial charge is 1.00 e. The van der Waals surface area contributed by atoms with Gasteiger partial charge in [0.1, 0.15) is 0 Å². The van der Waals surface area contributed by atoms with Gasteiger partial charge >= 0.3 is 43.9 Å². The Labute approximate surface area is 112 Å². The quantitative estimate of drug-likeness (QED) is 0.576. The van der Waals surface area contributed by atoms with Gasteiger partial charge in [0.15, 0.2) is 0 Å². The topological polar surface area (TPSA) is 91.2 Å². The minimum atomic E-state index is -1.37. The van der Waals surface area contributed by atoms with Crippen LogP contribution in [-0.2, 0) is 17.1 Å². The van der Waals surface area contributed by atoms with Gasteiger partial charge in [0.25, 0.3) is 5.95 Å². The Morgan fingerprint density at radius 3 is 2.58 bits per heavy atom. The number of carbonyl (C=O) groups is 1. The zero-order valence-corrected chi connectivity index (χ0v) is 9.06. The zero-order chi connectivity index (χ0) is 6.69. The van der Waals surface area contributed by atoms with Crippen molar-refractivity contribution in [2.75, 3.05) is 0 Å². The molecule has 0 aliphatic heterocycles. The van der Waals surface area contributed by atoms with Gasteiger partial charge in [-0.3, -0.25) is 0 Å². The van der Waals surface area contributed by atoms with Gasteiger partial charge in [0.2, 0.25) is 0 Å². The van der Waals surface area contributed by atoms with E-state index in [1.54, 1.807) is 0 Å². The molecule has 3 N–H and O–H groups in total. The Morgan fingerprint density at radius 1 is 1.67 bits per heavy atom. The molecule has 1 heterocycles. The molecular weight excluding hydrogens is 244 g/mol. The van der Waals surface area contributed by atoms with Crippen LogP contribution in [0.25, 0.3) is 0 Å². The van der Waals surface area contributed by atoms with Crippen LogP contribution >= 0.6 is 0 Å². The normalized spacial score (nSPS) is 6.67. The molecule has 0 saturated carbocycles. The number of carboxylic acid groups (broad SMARTS) is 1. The van der Waals surface area contributed by atoms with Crippen molar-refractivity contribution in [1.29, 1.82) is 0 Å². The third kappa shape index (κ3) is 6.97. The average molecular weight is 252 g/mol. The molecule has 0 unspecified atom stereocenters. The first-order valence-electron chi connectivity index (χ1n) is 2.23. The van der Waals surface area contributed by atoms with E-state index in [-0.39, 0.29) is 69.1 Å². The molecule has 5 nitrogen and oxygen atoms in total. The van der Waals surface area contributed by atoms with E-state index in [9.17, 15) is 4.79 Å². The van der Waals surface area contributed by atoms with Crippen molar-refractivity contribution in [2.45, 2.75) is 0 Å². The minimum absolute atomic E-state index is 0. The van der Waals surface area contributed by atoms with Gasteiger partial charge in [-0.1, -0.05) is 0 Å². The molecule has 0 aliphatic carbocycles. The largest absolute Gasteiger partial charge is 2.00 e. The van der Waals surface area contributed by atoms with Crippen LogP contribution in [0.3, 0.4) is 0 Å². The number of furan rings is 1. The maximum absolute atomic E-state index is 9.78. The van der Waals surface area contributed by atoms with Gasteiger partial charge in [-0.2, -0.15) is 0 Å². The van der Waals surface area contributed by atoms with E-state index in [2.05, 4.69) is 9.15 Å². The fourth-order valence-corrected chi connectivity index (χ4v) is 0.408. The van der Waals surface area contributed by atoms with Crippen LogP contribution in [-0.4, -0.2) is 54.5 Å². The summed E-state index contributed by atoms with van der Waals surface area (Å²) in [5.41, 5.74) is 0. The fraction of sp³-hybridized carbons (Fsp3) is 0. The maximum Gasteiger partial charge on any atom is 2.00 e. The van der Waals surface area contributed by atoms with Crippen LogP contribution in [0, 0.1) is 0 Å². The molecule has 7 heteroatoms. The molecule has 0 atom stereocenters.